The first-order valence-electron chi connectivity index (χ1n) is 9.09. The van der Waals surface area contributed by atoms with E-state index in [9.17, 15) is 8.78 Å². The van der Waals surface area contributed by atoms with Crippen LogP contribution in [0, 0.1) is 0 Å². The van der Waals surface area contributed by atoms with Crippen LogP contribution in [0.2, 0.25) is 0 Å². The van der Waals surface area contributed by atoms with Crippen LogP contribution in [0.3, 0.4) is 0 Å². The van der Waals surface area contributed by atoms with Crippen LogP contribution in [0.1, 0.15) is 18.4 Å². The van der Waals surface area contributed by atoms with Crippen molar-refractivity contribution in [3.63, 3.8) is 0 Å². The second-order valence-corrected chi connectivity index (χ2v) is 6.72. The van der Waals surface area contributed by atoms with Crippen LogP contribution in [-0.2, 0) is 6.54 Å². The molecule has 4 nitrogen and oxygen atoms in total. The Balaban J connectivity index is 1.49. The van der Waals surface area contributed by atoms with Crippen molar-refractivity contribution < 1.29 is 8.78 Å². The minimum atomic E-state index is -2.25. The van der Waals surface area contributed by atoms with E-state index in [4.69, 9.17) is 0 Å². The van der Waals surface area contributed by atoms with Crippen LogP contribution >= 0.6 is 0 Å². The van der Waals surface area contributed by atoms with E-state index in [0.717, 1.165) is 18.8 Å². The Bertz CT molecular complexity index is 739. The largest absolute Gasteiger partial charge is 0.354 e. The lowest BCUT2D eigenvalue weighted by atomic mass is 10.1. The molecule has 1 heterocycles. The lowest BCUT2D eigenvalue weighted by molar-refractivity contribution is 0.0744. The highest BCUT2D eigenvalue weighted by Crippen LogP contribution is 2.15. The summed E-state index contributed by atoms with van der Waals surface area (Å²) in [4.78, 5) is 6.12. The van der Waals surface area contributed by atoms with Gasteiger partial charge in [0.05, 0.1) is 6.54 Å². The summed E-state index contributed by atoms with van der Waals surface area (Å²) in [5, 5.41) is 9.21. The molecule has 0 bridgehead atoms. The summed E-state index contributed by atoms with van der Waals surface area (Å²) in [5.74, 6) is 0.755. The normalized spacial score (nSPS) is 17.0. The predicted octanol–water partition coefficient (Wildman–Crippen LogP) is 3.23. The molecule has 0 unspecified atom stereocenters. The van der Waals surface area contributed by atoms with Gasteiger partial charge in [-0.25, -0.2) is 8.78 Å². The Hall–Kier alpha value is -2.21. The number of hydrogen-bond acceptors (Lipinski definition) is 2. The van der Waals surface area contributed by atoms with Crippen molar-refractivity contribution in [2.45, 2.75) is 31.9 Å². The molecule has 1 fully saturated rings. The third kappa shape index (κ3) is 5.14. The summed E-state index contributed by atoms with van der Waals surface area (Å²) in [6.45, 7) is 1.96. The Morgan fingerprint density at radius 1 is 1.15 bits per heavy atom. The van der Waals surface area contributed by atoms with Crippen molar-refractivity contribution >= 4 is 16.7 Å². The zero-order chi connectivity index (χ0) is 18.4. The first-order valence-corrected chi connectivity index (χ1v) is 9.09. The summed E-state index contributed by atoms with van der Waals surface area (Å²) >= 11 is 0. The van der Waals surface area contributed by atoms with Crippen molar-refractivity contribution in [1.82, 2.24) is 15.5 Å². The van der Waals surface area contributed by atoms with Crippen LogP contribution in [0.25, 0.3) is 10.8 Å². The lowest BCUT2D eigenvalue weighted by Gasteiger charge is -2.32. The van der Waals surface area contributed by atoms with Gasteiger partial charge in [0.1, 0.15) is 0 Å². The maximum Gasteiger partial charge on any atom is 0.251 e. The van der Waals surface area contributed by atoms with E-state index in [2.05, 4.69) is 46.0 Å². The Morgan fingerprint density at radius 3 is 2.58 bits per heavy atom. The molecule has 3 rings (SSSR count). The fourth-order valence-electron chi connectivity index (χ4n) is 3.38. The van der Waals surface area contributed by atoms with E-state index in [1.807, 2.05) is 17.0 Å². The molecule has 2 aromatic rings. The Labute approximate surface area is 153 Å². The quantitative estimate of drug-likeness (QED) is 0.635. The summed E-state index contributed by atoms with van der Waals surface area (Å²) in [7, 11) is 1.75. The molecule has 0 radical (unpaired) electrons. The highest BCUT2D eigenvalue weighted by atomic mass is 19.3. The number of rotatable bonds is 5. The molecule has 0 spiro atoms. The SMILES string of the molecule is CN=C(NCc1ccc2ccccc2c1)NC1CCN(CC(F)F)CC1. The number of halogens is 2. The van der Waals surface area contributed by atoms with Gasteiger partial charge in [-0.05, 0) is 35.2 Å². The molecule has 26 heavy (non-hydrogen) atoms. The summed E-state index contributed by atoms with van der Waals surface area (Å²) in [5.41, 5.74) is 1.19. The van der Waals surface area contributed by atoms with E-state index >= 15 is 0 Å². The van der Waals surface area contributed by atoms with Crippen LogP contribution in [0.15, 0.2) is 47.5 Å². The first-order chi connectivity index (χ1) is 12.6. The summed E-state index contributed by atoms with van der Waals surface area (Å²) < 4.78 is 24.9. The van der Waals surface area contributed by atoms with Gasteiger partial charge in [-0.2, -0.15) is 0 Å². The van der Waals surface area contributed by atoms with E-state index in [1.54, 1.807) is 7.05 Å². The molecule has 1 aliphatic heterocycles. The van der Waals surface area contributed by atoms with Gasteiger partial charge in [-0.3, -0.25) is 9.89 Å². The van der Waals surface area contributed by atoms with Gasteiger partial charge < -0.3 is 10.6 Å². The molecule has 6 heteroatoms. The zero-order valence-electron chi connectivity index (χ0n) is 15.1. The monoisotopic (exact) mass is 360 g/mol. The second-order valence-electron chi connectivity index (χ2n) is 6.72. The van der Waals surface area contributed by atoms with Gasteiger partial charge in [-0.15, -0.1) is 0 Å². The summed E-state index contributed by atoms with van der Waals surface area (Å²) in [6, 6.07) is 15.0. The minimum Gasteiger partial charge on any atom is -0.354 e. The van der Waals surface area contributed by atoms with Crippen LogP contribution in [0.4, 0.5) is 8.78 Å². The number of guanidine groups is 1. The maximum absolute atomic E-state index is 12.5. The number of alkyl halides is 2. The lowest BCUT2D eigenvalue weighted by Crippen LogP contribution is -2.49. The molecule has 0 amide bonds. The van der Waals surface area contributed by atoms with Crippen LogP contribution in [0.5, 0.6) is 0 Å². The molecule has 1 saturated heterocycles. The number of benzene rings is 2. The van der Waals surface area contributed by atoms with E-state index < -0.39 is 6.43 Å². The number of hydrogen-bond donors (Lipinski definition) is 2. The standard InChI is InChI=1S/C20H26F2N4/c1-23-20(25-18-8-10-26(11-9-18)14-19(21)22)24-13-15-6-7-16-4-2-3-5-17(16)12-15/h2-7,12,18-19H,8-11,13-14H2,1H3,(H2,23,24,25). The Morgan fingerprint density at radius 2 is 1.88 bits per heavy atom. The molecule has 140 valence electrons. The van der Waals surface area contributed by atoms with E-state index in [1.165, 1.54) is 16.3 Å². The van der Waals surface area contributed by atoms with Gasteiger partial charge in [0.15, 0.2) is 5.96 Å². The smallest absolute Gasteiger partial charge is 0.251 e. The van der Waals surface area contributed by atoms with Crippen molar-refractivity contribution in [2.75, 3.05) is 26.7 Å². The number of aliphatic imine (C=N–C) groups is 1. The highest BCUT2D eigenvalue weighted by Gasteiger charge is 2.21. The van der Waals surface area contributed by atoms with E-state index in [-0.39, 0.29) is 12.6 Å². The fraction of sp³-hybridized carbons (Fsp3) is 0.450. The van der Waals surface area contributed by atoms with Crippen molar-refractivity contribution in [3.05, 3.63) is 48.0 Å². The molecule has 0 aromatic heterocycles. The number of nitrogens with one attached hydrogen (secondary N) is 2. The predicted molar refractivity (Wildman–Crippen MR) is 103 cm³/mol. The van der Waals surface area contributed by atoms with Crippen molar-refractivity contribution in [1.29, 1.82) is 0 Å². The minimum absolute atomic E-state index is 0.123. The summed E-state index contributed by atoms with van der Waals surface area (Å²) in [6.07, 6.45) is -0.553. The molecule has 0 atom stereocenters. The van der Waals surface area contributed by atoms with Gasteiger partial charge in [0.2, 0.25) is 0 Å². The molecule has 2 N–H and O–H groups in total. The average Bonchev–Trinajstić information content (AvgIpc) is 2.66. The molecular weight excluding hydrogens is 334 g/mol. The molecular formula is C20H26F2N4. The van der Waals surface area contributed by atoms with Crippen LogP contribution in [-0.4, -0.2) is 50.0 Å². The molecule has 1 aliphatic rings. The maximum atomic E-state index is 12.5. The number of likely N-dealkylation sites (tertiary alicyclic amines) is 1. The third-order valence-electron chi connectivity index (χ3n) is 4.82. The third-order valence-corrected chi connectivity index (χ3v) is 4.82. The number of piperidine rings is 1. The topological polar surface area (TPSA) is 39.7 Å². The van der Waals surface area contributed by atoms with Crippen LogP contribution < -0.4 is 10.6 Å². The van der Waals surface area contributed by atoms with E-state index in [0.29, 0.717) is 19.6 Å². The molecule has 0 saturated carbocycles. The first kappa shape index (κ1) is 18.6. The average molecular weight is 360 g/mol. The highest BCUT2D eigenvalue weighted by molar-refractivity contribution is 5.83. The van der Waals surface area contributed by atoms with Gasteiger partial charge in [-0.1, -0.05) is 36.4 Å². The Kier molecular flexibility index (Phi) is 6.39. The second kappa shape index (κ2) is 8.94. The van der Waals surface area contributed by atoms with Gasteiger partial charge in [0.25, 0.3) is 6.43 Å². The van der Waals surface area contributed by atoms with Gasteiger partial charge in [0, 0.05) is 32.7 Å². The number of fused-ring (bicyclic) bond motifs is 1. The zero-order valence-corrected chi connectivity index (χ0v) is 15.1. The number of nitrogens with zero attached hydrogens (tertiary/aromatic N) is 2. The molecule has 2 aromatic carbocycles. The van der Waals surface area contributed by atoms with Gasteiger partial charge >= 0.3 is 0 Å². The van der Waals surface area contributed by atoms with Crippen molar-refractivity contribution in [2.24, 2.45) is 4.99 Å². The molecule has 0 aliphatic carbocycles. The fourth-order valence-corrected chi connectivity index (χ4v) is 3.38. The van der Waals surface area contributed by atoms with Crippen molar-refractivity contribution in [3.8, 4) is 0 Å².